The number of benzene rings is 1. The zero-order valence-corrected chi connectivity index (χ0v) is 74.6. The molecule has 1 aromatic carbocycles. The average Bonchev–Trinajstić information content (AvgIpc) is 1.55. The number of carbonyl (C=O) groups excluding carboxylic acids is 7. The molecule has 4 fully saturated rings. The smallest absolute Gasteiger partial charge is 0.329 e. The number of ketones is 3. The molecule has 2 bridgehead atoms. The van der Waals surface area contributed by atoms with Gasteiger partial charge < -0.3 is 95.1 Å². The van der Waals surface area contributed by atoms with Crippen molar-refractivity contribution in [2.75, 3.05) is 128 Å². The second kappa shape index (κ2) is 45.9. The molecule has 10 heterocycles. The third-order valence-electron chi connectivity index (χ3n) is 24.9. The van der Waals surface area contributed by atoms with E-state index in [2.05, 4.69) is 50.8 Å². The molecule has 15 atom stereocenters. The Morgan fingerprint density at radius 3 is 2.18 bits per heavy atom. The van der Waals surface area contributed by atoms with Crippen molar-refractivity contribution in [3.05, 3.63) is 109 Å². The molecule has 7 aromatic rings. The number of hydrogen-bond donors (Lipinski definition) is 7. The number of piperidine rings is 1. The average molecular weight is 1770 g/mol. The highest BCUT2D eigenvalue weighted by molar-refractivity contribution is 6.39. The first kappa shape index (κ1) is 96.3. The number of ether oxygens (including phenoxy) is 8. The number of rotatable bonds is 29. The lowest BCUT2D eigenvalue weighted by molar-refractivity contribution is -0.265. The van der Waals surface area contributed by atoms with Gasteiger partial charge in [-0.05, 0) is 132 Å². The molecular weight excluding hydrogens is 1650 g/mol. The fourth-order valence-electron chi connectivity index (χ4n) is 17.3. The van der Waals surface area contributed by atoms with E-state index in [0.717, 1.165) is 22.5 Å². The number of aromatic nitrogens is 12. The van der Waals surface area contributed by atoms with Gasteiger partial charge in [0, 0.05) is 153 Å². The van der Waals surface area contributed by atoms with E-state index in [1.54, 1.807) is 75.8 Å². The number of allylic oxidation sites excluding steroid dienone is 6. The normalized spacial score (nSPS) is 26.4. The summed E-state index contributed by atoms with van der Waals surface area (Å²) in [5, 5.41) is 44.2. The number of anilines is 4. The molecule has 12 rings (SSSR count). The number of methoxy groups -OCH3 is 3. The molecule has 1 aliphatic carbocycles. The summed E-state index contributed by atoms with van der Waals surface area (Å²) in [7, 11) is 4.56. The number of nitrogens with zero attached hydrogens (tertiary/aromatic N) is 15. The molecule has 4 aliphatic heterocycles. The van der Waals surface area contributed by atoms with E-state index in [0.29, 0.717) is 198 Å². The molecule has 3 saturated heterocycles. The maximum Gasteiger partial charge on any atom is 0.329 e. The van der Waals surface area contributed by atoms with Gasteiger partial charge in [0.05, 0.1) is 81.1 Å². The first-order valence-electron chi connectivity index (χ1n) is 44.4. The van der Waals surface area contributed by atoms with E-state index in [4.69, 9.17) is 74.6 Å². The van der Waals surface area contributed by atoms with E-state index < -0.39 is 83.8 Å². The Balaban J connectivity index is 0.563. The number of hydrogen-bond acceptors (Lipinski definition) is 33. The fraction of sp³-hybridized carbons (Fsp3) is 0.589. The summed E-state index contributed by atoms with van der Waals surface area (Å²) < 4.78 is 56.2. The Labute approximate surface area is 744 Å². The predicted octanol–water partition coefficient (Wildman–Crippen LogP) is 6.80. The number of fused-ring (bicyclic) bond motifs is 5. The van der Waals surface area contributed by atoms with Crippen LogP contribution in [-0.4, -0.2) is 277 Å². The molecule has 10 N–H and O–H groups in total. The molecule has 1 saturated carbocycles. The number of nitrogen functional groups attached to an aromatic ring is 2. The number of unbranched alkanes of at least 4 members (excludes halogenated alkanes) is 1. The minimum atomic E-state index is -2.50. The van der Waals surface area contributed by atoms with Crippen LogP contribution in [0, 0.1) is 29.6 Å². The summed E-state index contributed by atoms with van der Waals surface area (Å²) in [6.07, 6.45) is 21.5. The van der Waals surface area contributed by atoms with Crippen LogP contribution in [0.4, 0.5) is 23.7 Å². The van der Waals surface area contributed by atoms with E-state index in [9.17, 15) is 43.8 Å². The molecule has 0 spiro atoms. The summed E-state index contributed by atoms with van der Waals surface area (Å²) in [5.41, 5.74) is 25.1. The zero-order valence-electron chi connectivity index (χ0n) is 74.6. The zero-order chi connectivity index (χ0) is 91.1. The van der Waals surface area contributed by atoms with Crippen LogP contribution in [-0.2, 0) is 73.2 Å². The highest BCUT2D eigenvalue weighted by Gasteiger charge is 2.53. The SMILES string of the molecule is CO[C@H]1C[C@@H]2CC[C@@H](C)[C@@](O)(O2)C(=O)C(=O)N2CCCC[C@H]2C(=O)O[C@H]([C@H](N)C[C@@H]2CC[C@H](n3cc(-c4cnc(N5CCN(c6ncc(C(=O)NCCOCCOCCOCCC(=O)NCCCCn7nc(-c8ccc9oc(N)nc9c8)c8c(N)ncnc87)cn6)CC5)nc4)nn3)[C@H](OC)C2)CC(=O)[C@H](C)/C=C(\C)[C@@H](O)[C@@H](OC)C(=O)[C@H](C)C[C@H](C)/C=C/C=CC=C1C. The van der Waals surface area contributed by atoms with Gasteiger partial charge in [-0.2, -0.15) is 10.1 Å². The van der Waals surface area contributed by atoms with Gasteiger partial charge in [0.2, 0.25) is 23.6 Å². The van der Waals surface area contributed by atoms with E-state index in [1.165, 1.54) is 25.8 Å². The number of cyclic esters (lactones) is 1. The summed E-state index contributed by atoms with van der Waals surface area (Å²) in [5.74, 6) is -7.65. The van der Waals surface area contributed by atoms with Crippen LogP contribution in [0.1, 0.15) is 154 Å². The largest absolute Gasteiger partial charge is 0.459 e. The first-order chi connectivity index (χ1) is 61.7. The highest BCUT2D eigenvalue weighted by atomic mass is 16.6. The van der Waals surface area contributed by atoms with Crippen molar-refractivity contribution in [1.82, 2.24) is 75.2 Å². The molecule has 38 nitrogen and oxygen atoms in total. The van der Waals surface area contributed by atoms with Gasteiger partial charge in [-0.1, -0.05) is 69.4 Å². The van der Waals surface area contributed by atoms with E-state index >= 15 is 0 Å². The number of nitrogens with one attached hydrogen (secondary N) is 2. The third-order valence-corrected chi connectivity index (χ3v) is 24.9. The number of aliphatic hydroxyl groups excluding tert-OH is 1. The molecule has 38 heteroatoms. The first-order valence-corrected chi connectivity index (χ1v) is 44.4. The third kappa shape index (κ3) is 24.8. The fourth-order valence-corrected chi connectivity index (χ4v) is 17.3. The van der Waals surface area contributed by atoms with Crippen LogP contribution in [0.3, 0.4) is 0 Å². The minimum Gasteiger partial charge on any atom is -0.459 e. The summed E-state index contributed by atoms with van der Waals surface area (Å²) >= 11 is 0. The number of nitrogens with two attached hydrogens (primary N) is 3. The maximum atomic E-state index is 14.8. The minimum absolute atomic E-state index is 0.0169. The summed E-state index contributed by atoms with van der Waals surface area (Å²) in [6, 6.07) is 3.13. The molecule has 3 amide bonds. The van der Waals surface area contributed by atoms with Gasteiger partial charge >= 0.3 is 5.97 Å². The molecule has 6 aromatic heterocycles. The van der Waals surface area contributed by atoms with Crippen LogP contribution >= 0.6 is 0 Å². The van der Waals surface area contributed by atoms with Crippen LogP contribution in [0.5, 0.6) is 0 Å². The lowest BCUT2D eigenvalue weighted by Gasteiger charge is -2.42. The number of esters is 1. The van der Waals surface area contributed by atoms with Crippen molar-refractivity contribution in [2.24, 2.45) is 35.3 Å². The van der Waals surface area contributed by atoms with Crippen molar-refractivity contribution >= 4 is 86.9 Å². The van der Waals surface area contributed by atoms with Crippen molar-refractivity contribution < 1.29 is 86.1 Å². The van der Waals surface area contributed by atoms with Gasteiger partial charge in [-0.15, -0.1) is 5.10 Å². The predicted molar refractivity (Wildman–Crippen MR) is 473 cm³/mol. The lowest BCUT2D eigenvalue weighted by atomic mass is 9.79. The number of piperazine rings is 1. The Bertz CT molecular complexity index is 5030. The topological polar surface area (TPSA) is 498 Å². The second-order valence-electron chi connectivity index (χ2n) is 34.0. The number of aryl methyl sites for hydroxylation is 1. The Morgan fingerprint density at radius 2 is 1.46 bits per heavy atom. The molecular formula is C90H124N20O18. The Hall–Kier alpha value is -10.8. The number of oxazole rings is 1. The maximum absolute atomic E-state index is 14.8. The van der Waals surface area contributed by atoms with E-state index in [-0.39, 0.29) is 105 Å². The standard InChI is InChI=1S/C90H124N20O18/c1-54-17-11-10-12-18-55(2)72(120-7)46-64-23-20-59(6)90(119,128-64)81(115)85(117)108-29-15-13-19-69(108)86(118)126-73(47-70(111)56(3)42-58(5)79(114)80(122-9)78(113)57(4)41-54)65(91)43-60-21-24-68(74(44-60)121-8)110-52-67(103-105-110)62-48-96-88(97-49-62)106-31-33-107(34-32-106)89-98-50-63(51-99-89)84(116)95-28-36-124-38-40-125-39-37-123-35-26-75(112)94-27-14-16-30-109-83-76(82(92)100-53-101-83)77(104-109)61-22-25-71-66(45-61)102-87(93)127-71/h10-12,17-18,22,25,42,45,48-54,56-57,59-60,64-65,68-69,72-74,79-80,114,119H,13-16,19-21,23-24,26-41,43-44,46-47,91H2,1-9H3,(H2,93,102)(H,94,112)(H,95,116)(H2,92,100,101)/b12-10?,17-11+,55-18?,58-42+/t54-,56-,57-,59-,60+,64+,65-,68+,69+,72+,73+,74-,79-,80+,90-/m1/s1. The van der Waals surface area contributed by atoms with Gasteiger partial charge in [0.1, 0.15) is 59.2 Å². The Kier molecular flexibility index (Phi) is 34.6. The van der Waals surface area contributed by atoms with Gasteiger partial charge in [0.25, 0.3) is 23.6 Å². The molecule has 128 heavy (non-hydrogen) atoms. The molecule has 692 valence electrons. The van der Waals surface area contributed by atoms with Crippen LogP contribution in [0.25, 0.3) is 44.6 Å². The van der Waals surface area contributed by atoms with Gasteiger partial charge in [-0.3, -0.25) is 28.8 Å². The van der Waals surface area contributed by atoms with Crippen LogP contribution < -0.4 is 37.6 Å². The van der Waals surface area contributed by atoms with Crippen molar-refractivity contribution in [2.45, 2.75) is 205 Å². The van der Waals surface area contributed by atoms with Crippen LogP contribution in [0.15, 0.2) is 108 Å². The molecule has 0 unspecified atom stereocenters. The number of Topliss-reactive ketones (excluding diaryl/α,β-unsaturated/α-hetero) is 3. The van der Waals surface area contributed by atoms with Crippen molar-refractivity contribution in [1.29, 1.82) is 0 Å². The molecule has 5 aliphatic rings. The number of aliphatic hydroxyl groups is 2. The number of amides is 3. The number of carbonyl (C=O) groups is 7. The van der Waals surface area contributed by atoms with Crippen molar-refractivity contribution in [3.63, 3.8) is 0 Å². The second-order valence-corrected chi connectivity index (χ2v) is 34.0. The summed E-state index contributed by atoms with van der Waals surface area (Å²) in [4.78, 5) is 135. The molecule has 0 radical (unpaired) electrons. The Morgan fingerprint density at radius 1 is 0.742 bits per heavy atom. The van der Waals surface area contributed by atoms with Crippen LogP contribution in [0.2, 0.25) is 0 Å². The highest BCUT2D eigenvalue weighted by Crippen LogP contribution is 2.40. The monoisotopic (exact) mass is 1770 g/mol. The summed E-state index contributed by atoms with van der Waals surface area (Å²) in [6.45, 7) is 16.0. The van der Waals surface area contributed by atoms with Gasteiger partial charge in [-0.25, -0.2) is 44.1 Å². The van der Waals surface area contributed by atoms with Gasteiger partial charge in [0.15, 0.2) is 17.0 Å². The van der Waals surface area contributed by atoms with E-state index in [1.807, 2.05) is 67.5 Å². The van der Waals surface area contributed by atoms with Crippen molar-refractivity contribution in [3.8, 4) is 22.5 Å². The quantitative estimate of drug-likeness (QED) is 0.0110. The lowest BCUT2D eigenvalue weighted by Crippen LogP contribution is -2.61.